The highest BCUT2D eigenvalue weighted by Crippen LogP contribution is 2.37. The van der Waals surface area contributed by atoms with Crippen molar-refractivity contribution < 1.29 is 23.4 Å². The average molecular weight is 365 g/mol. The Kier molecular flexibility index (Phi) is 6.83. The summed E-state index contributed by atoms with van der Waals surface area (Å²) in [4.78, 5) is 11.4. The highest BCUT2D eigenvalue weighted by Gasteiger charge is 2.12. The van der Waals surface area contributed by atoms with Crippen LogP contribution < -0.4 is 9.47 Å². The second kappa shape index (κ2) is 9.08. The van der Waals surface area contributed by atoms with Crippen LogP contribution in [0.25, 0.3) is 6.08 Å². The van der Waals surface area contributed by atoms with E-state index in [1.54, 1.807) is 37.3 Å². The molecule has 0 aliphatic rings. The quantitative estimate of drug-likeness (QED) is 0.530. The molecule has 0 saturated carbocycles. The van der Waals surface area contributed by atoms with Crippen LogP contribution in [0.4, 0.5) is 4.39 Å². The van der Waals surface area contributed by atoms with Gasteiger partial charge >= 0.3 is 5.97 Å². The first-order valence-electron chi connectivity index (χ1n) is 7.63. The summed E-state index contributed by atoms with van der Waals surface area (Å²) in [5.74, 6) is -0.0169. The van der Waals surface area contributed by atoms with Gasteiger partial charge in [-0.2, -0.15) is 0 Å². The minimum absolute atomic E-state index is 0.145. The van der Waals surface area contributed by atoms with E-state index in [2.05, 4.69) is 0 Å². The molecule has 2 aromatic carbocycles. The van der Waals surface area contributed by atoms with E-state index >= 15 is 0 Å². The Morgan fingerprint density at radius 1 is 1.28 bits per heavy atom. The standard InChI is InChI=1S/C19H18ClFO4/c1-3-24-18(22)8-7-13-10-16(20)19(17(11-13)23-2)25-12-14-5-4-6-15(21)9-14/h4-11H,3,12H2,1-2H3/b8-7+. The van der Waals surface area contributed by atoms with Crippen molar-refractivity contribution in [1.29, 1.82) is 0 Å². The fourth-order valence-corrected chi connectivity index (χ4v) is 2.39. The number of benzene rings is 2. The van der Waals surface area contributed by atoms with E-state index in [0.717, 1.165) is 0 Å². The summed E-state index contributed by atoms with van der Waals surface area (Å²) in [5.41, 5.74) is 1.33. The van der Waals surface area contributed by atoms with Crippen molar-refractivity contribution in [2.24, 2.45) is 0 Å². The molecular weight excluding hydrogens is 347 g/mol. The lowest BCUT2D eigenvalue weighted by Gasteiger charge is -2.13. The van der Waals surface area contributed by atoms with Gasteiger partial charge in [0.2, 0.25) is 0 Å². The van der Waals surface area contributed by atoms with E-state index in [1.165, 1.54) is 25.3 Å². The van der Waals surface area contributed by atoms with Gasteiger partial charge in [0.1, 0.15) is 12.4 Å². The van der Waals surface area contributed by atoms with Gasteiger partial charge in [-0.05, 0) is 48.4 Å². The van der Waals surface area contributed by atoms with Gasteiger partial charge in [-0.25, -0.2) is 9.18 Å². The van der Waals surface area contributed by atoms with Crippen molar-refractivity contribution in [1.82, 2.24) is 0 Å². The molecule has 0 amide bonds. The molecule has 4 nitrogen and oxygen atoms in total. The lowest BCUT2D eigenvalue weighted by molar-refractivity contribution is -0.137. The third-order valence-electron chi connectivity index (χ3n) is 3.22. The second-order valence-corrected chi connectivity index (χ2v) is 5.45. The molecule has 0 aliphatic heterocycles. The molecule has 0 unspecified atom stereocenters. The lowest BCUT2D eigenvalue weighted by atomic mass is 10.2. The van der Waals surface area contributed by atoms with Gasteiger partial charge in [-0.15, -0.1) is 0 Å². The monoisotopic (exact) mass is 364 g/mol. The maximum absolute atomic E-state index is 13.2. The van der Waals surface area contributed by atoms with Crippen LogP contribution in [0.5, 0.6) is 11.5 Å². The van der Waals surface area contributed by atoms with Gasteiger partial charge in [0.15, 0.2) is 11.5 Å². The van der Waals surface area contributed by atoms with Gasteiger partial charge in [-0.3, -0.25) is 0 Å². The van der Waals surface area contributed by atoms with E-state index in [0.29, 0.717) is 34.3 Å². The smallest absolute Gasteiger partial charge is 0.330 e. The van der Waals surface area contributed by atoms with Crippen LogP contribution >= 0.6 is 11.6 Å². The topological polar surface area (TPSA) is 44.8 Å². The summed E-state index contributed by atoms with van der Waals surface area (Å²) in [7, 11) is 1.49. The normalized spacial score (nSPS) is 10.7. The molecule has 0 fully saturated rings. The molecule has 0 atom stereocenters. The SMILES string of the molecule is CCOC(=O)/C=C/c1cc(Cl)c(OCc2cccc(F)c2)c(OC)c1. The first kappa shape index (κ1) is 18.8. The Hall–Kier alpha value is -2.53. The first-order chi connectivity index (χ1) is 12.0. The molecule has 0 spiro atoms. The van der Waals surface area contributed by atoms with Gasteiger partial charge in [0.05, 0.1) is 18.7 Å². The van der Waals surface area contributed by atoms with Gasteiger partial charge in [0, 0.05) is 6.08 Å². The highest BCUT2D eigenvalue weighted by molar-refractivity contribution is 6.32. The summed E-state index contributed by atoms with van der Waals surface area (Å²) >= 11 is 6.26. The van der Waals surface area contributed by atoms with E-state index in [-0.39, 0.29) is 12.4 Å². The van der Waals surface area contributed by atoms with Crippen molar-refractivity contribution in [2.75, 3.05) is 13.7 Å². The molecule has 25 heavy (non-hydrogen) atoms. The van der Waals surface area contributed by atoms with Crippen LogP contribution in [0.15, 0.2) is 42.5 Å². The van der Waals surface area contributed by atoms with Crippen molar-refractivity contribution in [3.63, 3.8) is 0 Å². The van der Waals surface area contributed by atoms with Crippen LogP contribution in [-0.2, 0) is 16.1 Å². The molecule has 132 valence electrons. The molecule has 2 rings (SSSR count). The molecule has 0 saturated heterocycles. The Bertz CT molecular complexity index is 774. The van der Waals surface area contributed by atoms with Crippen molar-refractivity contribution in [3.8, 4) is 11.5 Å². The predicted octanol–water partition coefficient (Wildman–Crippen LogP) is 4.64. The number of rotatable bonds is 7. The molecule has 0 radical (unpaired) electrons. The van der Waals surface area contributed by atoms with E-state index in [9.17, 15) is 9.18 Å². The minimum atomic E-state index is -0.441. The fourth-order valence-electron chi connectivity index (χ4n) is 2.11. The highest BCUT2D eigenvalue weighted by atomic mass is 35.5. The number of carbonyl (C=O) groups excluding carboxylic acids is 1. The Morgan fingerprint density at radius 2 is 2.08 bits per heavy atom. The third-order valence-corrected chi connectivity index (χ3v) is 3.50. The molecule has 6 heteroatoms. The Balaban J connectivity index is 2.17. The summed E-state index contributed by atoms with van der Waals surface area (Å²) in [6, 6.07) is 9.43. The van der Waals surface area contributed by atoms with Crippen molar-refractivity contribution >= 4 is 23.6 Å². The number of carbonyl (C=O) groups is 1. The van der Waals surface area contributed by atoms with Gasteiger partial charge in [-0.1, -0.05) is 23.7 Å². The lowest BCUT2D eigenvalue weighted by Crippen LogP contribution is -2.00. The summed E-state index contributed by atoms with van der Waals surface area (Å²) in [5, 5.41) is 0.319. The molecular formula is C19H18ClFO4. The van der Waals surface area contributed by atoms with Crippen LogP contribution in [0.2, 0.25) is 5.02 Å². The Morgan fingerprint density at radius 3 is 2.76 bits per heavy atom. The maximum atomic E-state index is 13.2. The first-order valence-corrected chi connectivity index (χ1v) is 8.01. The van der Waals surface area contributed by atoms with Gasteiger partial charge in [0.25, 0.3) is 0 Å². The zero-order valence-corrected chi connectivity index (χ0v) is 14.7. The number of hydrogen-bond acceptors (Lipinski definition) is 4. The predicted molar refractivity (Wildman–Crippen MR) is 94.4 cm³/mol. The van der Waals surface area contributed by atoms with Crippen LogP contribution in [0, 0.1) is 5.82 Å². The molecule has 0 aromatic heterocycles. The molecule has 2 aromatic rings. The molecule has 0 N–H and O–H groups in total. The van der Waals surface area contributed by atoms with Gasteiger partial charge < -0.3 is 14.2 Å². The maximum Gasteiger partial charge on any atom is 0.330 e. The van der Waals surface area contributed by atoms with E-state index in [1.807, 2.05) is 0 Å². The number of ether oxygens (including phenoxy) is 3. The van der Waals surface area contributed by atoms with Crippen molar-refractivity contribution in [3.05, 3.63) is 64.4 Å². The summed E-state index contributed by atoms with van der Waals surface area (Å²) in [6.45, 7) is 2.18. The molecule has 0 bridgehead atoms. The minimum Gasteiger partial charge on any atom is -0.493 e. The average Bonchev–Trinajstić information content (AvgIpc) is 2.59. The van der Waals surface area contributed by atoms with E-state index in [4.69, 9.17) is 25.8 Å². The summed E-state index contributed by atoms with van der Waals surface area (Å²) < 4.78 is 29.0. The second-order valence-electron chi connectivity index (χ2n) is 5.04. The summed E-state index contributed by atoms with van der Waals surface area (Å²) in [6.07, 6.45) is 2.88. The molecule has 0 aliphatic carbocycles. The third kappa shape index (κ3) is 5.50. The largest absolute Gasteiger partial charge is 0.493 e. The number of methoxy groups -OCH3 is 1. The zero-order valence-electron chi connectivity index (χ0n) is 13.9. The Labute approximate surface area is 150 Å². The number of esters is 1. The van der Waals surface area contributed by atoms with Crippen LogP contribution in [0.1, 0.15) is 18.1 Å². The fraction of sp³-hybridized carbons (Fsp3) is 0.211. The molecule has 0 heterocycles. The van der Waals surface area contributed by atoms with E-state index < -0.39 is 5.97 Å². The van der Waals surface area contributed by atoms with Crippen molar-refractivity contribution in [2.45, 2.75) is 13.5 Å². The number of hydrogen-bond donors (Lipinski definition) is 0. The zero-order chi connectivity index (χ0) is 18.2. The number of halogens is 2. The van der Waals surface area contributed by atoms with Crippen LogP contribution in [-0.4, -0.2) is 19.7 Å². The van der Waals surface area contributed by atoms with Crippen LogP contribution in [0.3, 0.4) is 0 Å².